The Morgan fingerprint density at radius 2 is 0.582 bits per heavy atom. The summed E-state index contributed by atoms with van der Waals surface area (Å²) in [5.74, 6) is 3.41. The van der Waals surface area contributed by atoms with E-state index in [-0.39, 0.29) is 10.8 Å². The summed E-state index contributed by atoms with van der Waals surface area (Å²) in [7, 11) is 0. The van der Waals surface area contributed by atoms with Gasteiger partial charge in [-0.15, -0.1) is 0 Å². The molecule has 5 heteroatoms. The van der Waals surface area contributed by atoms with Gasteiger partial charge in [-0.05, 0) is 218 Å². The summed E-state index contributed by atoms with van der Waals surface area (Å²) in [4.78, 5) is 5.48. The summed E-state index contributed by atoms with van der Waals surface area (Å²) in [5, 5.41) is 0. The number of hydrogen-bond donors (Lipinski definition) is 0. The summed E-state index contributed by atoms with van der Waals surface area (Å²) >= 11 is 0. The predicted molar refractivity (Wildman–Crippen MR) is 511 cm³/mol. The van der Waals surface area contributed by atoms with E-state index in [1.54, 1.807) is 0 Å². The Labute approximate surface area is 717 Å². The van der Waals surface area contributed by atoms with Crippen molar-refractivity contribution in [2.24, 2.45) is 0 Å². The molecule has 0 fully saturated rings. The van der Waals surface area contributed by atoms with E-state index in [0.717, 1.165) is 174 Å². The maximum absolute atomic E-state index is 7.56. The zero-order valence-corrected chi connectivity index (χ0v) is 70.7. The zero-order chi connectivity index (χ0) is 82.7. The van der Waals surface area contributed by atoms with E-state index in [4.69, 9.17) is 9.47 Å². The van der Waals surface area contributed by atoms with Gasteiger partial charge in [0, 0.05) is 78.1 Å². The standard InChI is InChI=1S/C117H93BN2O2/c1-113(2,3)86-66-89(76-41-21-13-22-42-76)111(90(67-86)77-43-23-14-24-44-77)119-102-70-98-108(121-106-57-33-31-55-96(106)115(98,7)8)72-100(102)118-101-73-109-99(116(9,10)97-56-32-34-58-107(97)122-109)71-103(101)120(105-65-83(64-104(119)110(105)118)80-59-60-95-93(63-80)88-53-29-30-54-94(88)117(95,84-49-25-15-26-50-84)85-51-27-16-28-52-85)112-91(81-47-35-45-78(61-81)74-37-17-11-18-38-74)68-87(114(4,5)6)69-92(112)82-48-36-46-79(62-82)75-39-19-12-20-40-75/h11-73H,1-10H3. The molecule has 0 aromatic heterocycles. The average molecular weight is 1570 g/mol. The van der Waals surface area contributed by atoms with Gasteiger partial charge < -0.3 is 19.3 Å². The van der Waals surface area contributed by atoms with E-state index in [1.807, 2.05) is 0 Å². The molecule has 5 aliphatic rings. The second-order valence-electron chi connectivity index (χ2n) is 37.0. The minimum atomic E-state index is -0.625. The van der Waals surface area contributed by atoms with Crippen LogP contribution in [0.1, 0.15) is 125 Å². The maximum atomic E-state index is 7.56. The summed E-state index contributed by atoms with van der Waals surface area (Å²) in [6.07, 6.45) is 0. The van der Waals surface area contributed by atoms with Crippen LogP contribution in [0.15, 0.2) is 382 Å². The van der Waals surface area contributed by atoms with E-state index >= 15 is 0 Å². The van der Waals surface area contributed by atoms with Crippen LogP contribution in [0.2, 0.25) is 0 Å². The molecular weight excluding hydrogens is 1480 g/mol. The lowest BCUT2D eigenvalue weighted by Crippen LogP contribution is -2.61. The minimum Gasteiger partial charge on any atom is -0.457 e. The molecule has 0 atom stereocenters. The lowest BCUT2D eigenvalue weighted by atomic mass is 9.33. The summed E-state index contributed by atoms with van der Waals surface area (Å²) < 4.78 is 15.1. The molecule has 0 bridgehead atoms. The molecule has 0 amide bonds. The van der Waals surface area contributed by atoms with E-state index in [1.165, 1.54) is 44.5 Å². The number of fused-ring (bicyclic) bond motifs is 11. The van der Waals surface area contributed by atoms with E-state index in [0.29, 0.717) is 0 Å². The number of ether oxygens (including phenoxy) is 2. The largest absolute Gasteiger partial charge is 0.457 e. The van der Waals surface area contributed by atoms with Gasteiger partial charge in [-0.25, -0.2) is 0 Å². The molecule has 22 rings (SSSR count). The number of nitrogens with zero attached hydrogens (tertiary/aromatic N) is 2. The minimum absolute atomic E-state index is 0.256. The third-order valence-corrected chi connectivity index (χ3v) is 27.1. The first-order valence-corrected chi connectivity index (χ1v) is 43.1. The fourth-order valence-corrected chi connectivity index (χ4v) is 20.9. The molecular formula is C117H93BN2O2. The second-order valence-corrected chi connectivity index (χ2v) is 37.0. The van der Waals surface area contributed by atoms with Crippen molar-refractivity contribution in [1.29, 1.82) is 0 Å². The van der Waals surface area contributed by atoms with Crippen molar-refractivity contribution in [3.63, 3.8) is 0 Å². The van der Waals surface area contributed by atoms with Crippen molar-refractivity contribution < 1.29 is 9.47 Å². The van der Waals surface area contributed by atoms with Gasteiger partial charge in [0.2, 0.25) is 0 Å². The highest BCUT2D eigenvalue weighted by molar-refractivity contribution is 7.00. The zero-order valence-electron chi connectivity index (χ0n) is 70.7. The van der Waals surface area contributed by atoms with Crippen LogP contribution in [0.3, 0.4) is 0 Å². The first-order chi connectivity index (χ1) is 59.3. The van der Waals surface area contributed by atoms with Crippen LogP contribution in [-0.2, 0) is 27.1 Å². The molecule has 17 aromatic rings. The van der Waals surface area contributed by atoms with Gasteiger partial charge in [0.15, 0.2) is 0 Å². The predicted octanol–water partition coefficient (Wildman–Crippen LogP) is 29.3. The molecule has 0 radical (unpaired) electrons. The lowest BCUT2D eigenvalue weighted by Gasteiger charge is -2.47. The fraction of sp³-hybridized carbons (Fsp3) is 0.128. The number of para-hydroxylation sites is 2. The van der Waals surface area contributed by atoms with Crippen molar-refractivity contribution in [3.8, 4) is 112 Å². The van der Waals surface area contributed by atoms with Crippen LogP contribution in [0.4, 0.5) is 34.1 Å². The van der Waals surface area contributed by atoms with Crippen molar-refractivity contribution in [2.75, 3.05) is 9.80 Å². The summed E-state index contributed by atoms with van der Waals surface area (Å²) in [6.45, 7) is 23.3. The summed E-state index contributed by atoms with van der Waals surface area (Å²) in [5.41, 5.74) is 37.6. The summed E-state index contributed by atoms with van der Waals surface area (Å²) in [6, 6.07) is 145. The van der Waals surface area contributed by atoms with Gasteiger partial charge in [0.25, 0.3) is 6.71 Å². The van der Waals surface area contributed by atoms with Gasteiger partial charge in [0.1, 0.15) is 23.0 Å². The smallest absolute Gasteiger partial charge is 0.252 e. The first-order valence-electron chi connectivity index (χ1n) is 43.1. The van der Waals surface area contributed by atoms with Crippen LogP contribution in [-0.4, -0.2) is 6.71 Å². The Bertz CT molecular complexity index is 6870. The third kappa shape index (κ3) is 11.7. The van der Waals surface area contributed by atoms with Gasteiger partial charge in [-0.2, -0.15) is 0 Å². The Morgan fingerprint density at radius 3 is 1.01 bits per heavy atom. The van der Waals surface area contributed by atoms with Gasteiger partial charge in [-0.3, -0.25) is 0 Å². The number of rotatable bonds is 11. The molecule has 0 N–H and O–H groups in total. The molecule has 4 heterocycles. The van der Waals surface area contributed by atoms with Crippen LogP contribution in [0.25, 0.3) is 89.0 Å². The van der Waals surface area contributed by atoms with Crippen molar-refractivity contribution in [3.05, 3.63) is 438 Å². The highest BCUT2D eigenvalue weighted by Crippen LogP contribution is 2.62. The van der Waals surface area contributed by atoms with Crippen LogP contribution < -0.4 is 35.7 Å². The van der Waals surface area contributed by atoms with Crippen molar-refractivity contribution in [1.82, 2.24) is 0 Å². The highest BCUT2D eigenvalue weighted by atomic mass is 16.5. The molecule has 0 saturated carbocycles. The Balaban J connectivity index is 0.944. The molecule has 0 saturated heterocycles. The second kappa shape index (κ2) is 28.1. The Hall–Kier alpha value is -14.0. The number of benzene rings is 17. The third-order valence-electron chi connectivity index (χ3n) is 27.1. The molecule has 586 valence electrons. The van der Waals surface area contributed by atoms with Crippen LogP contribution in [0.5, 0.6) is 23.0 Å². The van der Waals surface area contributed by atoms with Gasteiger partial charge in [-0.1, -0.05) is 360 Å². The molecule has 0 spiro atoms. The van der Waals surface area contributed by atoms with Crippen molar-refractivity contribution >= 4 is 57.2 Å². The number of anilines is 6. The van der Waals surface area contributed by atoms with E-state index in [9.17, 15) is 0 Å². The average Bonchev–Trinajstić information content (AvgIpc) is 0.697. The van der Waals surface area contributed by atoms with Crippen LogP contribution in [0, 0.1) is 0 Å². The number of hydrogen-bond acceptors (Lipinski definition) is 4. The monoisotopic (exact) mass is 1570 g/mol. The van der Waals surface area contributed by atoms with Gasteiger partial charge in [0.05, 0.1) is 16.8 Å². The fourth-order valence-electron chi connectivity index (χ4n) is 20.9. The van der Waals surface area contributed by atoms with Crippen LogP contribution >= 0.6 is 0 Å². The highest BCUT2D eigenvalue weighted by Gasteiger charge is 2.51. The lowest BCUT2D eigenvalue weighted by molar-refractivity contribution is 0.418. The Morgan fingerprint density at radius 1 is 0.238 bits per heavy atom. The molecule has 17 aromatic carbocycles. The molecule has 1 aliphatic carbocycles. The molecule has 0 unspecified atom stereocenters. The molecule has 4 nitrogen and oxygen atoms in total. The first kappa shape index (κ1) is 74.3. The van der Waals surface area contributed by atoms with Gasteiger partial charge >= 0.3 is 0 Å². The normalized spacial score (nSPS) is 14.4. The maximum Gasteiger partial charge on any atom is 0.252 e. The topological polar surface area (TPSA) is 24.9 Å². The van der Waals surface area contributed by atoms with E-state index in [2.05, 4.69) is 461 Å². The van der Waals surface area contributed by atoms with Crippen molar-refractivity contribution in [2.45, 2.75) is 96.3 Å². The molecule has 4 aliphatic heterocycles. The quantitative estimate of drug-likeness (QED) is 0.121. The van der Waals surface area contributed by atoms with E-state index < -0.39 is 23.0 Å². The SMILES string of the molecule is CC(C)(C)c1cc(-c2ccccc2)c(N2c3cc4c(cc3B3c5cc6c(cc5N(c5c(-c7cccc(-c8ccccc8)c7)cc(C(C)(C)C)cc5-c5cccc(-c7ccccc7)c5)c5cc(-c7ccc8c(c7)-c7ccccc7C8(c7ccccc7)c7ccccc7)cc2c53)C(C)(C)c2ccccc2O6)Oc2ccccc2C4(C)C)c(-c2ccccc2)c1. The Kier molecular flexibility index (Phi) is 17.1. The molecule has 122 heavy (non-hydrogen) atoms.